The van der Waals surface area contributed by atoms with Crippen molar-refractivity contribution >= 4 is 27.5 Å². The Balaban J connectivity index is 1.47. The third-order valence-corrected chi connectivity index (χ3v) is 7.37. The highest BCUT2D eigenvalue weighted by Crippen LogP contribution is 2.25. The number of rotatable bonds is 4. The summed E-state index contributed by atoms with van der Waals surface area (Å²) < 4.78 is 29.1. The van der Waals surface area contributed by atoms with Crippen molar-refractivity contribution in [1.29, 1.82) is 0 Å². The minimum absolute atomic E-state index is 0.0980. The van der Waals surface area contributed by atoms with Crippen LogP contribution in [0.4, 0.5) is 0 Å². The smallest absolute Gasteiger partial charge is 0.254 e. The van der Waals surface area contributed by atoms with Gasteiger partial charge in [-0.15, -0.1) is 0 Å². The van der Waals surface area contributed by atoms with Crippen LogP contribution in [0.3, 0.4) is 0 Å². The Hall–Kier alpha value is -2.61. The fourth-order valence-corrected chi connectivity index (χ4v) is 5.33. The van der Waals surface area contributed by atoms with Crippen molar-refractivity contribution in [2.24, 2.45) is 0 Å². The van der Waals surface area contributed by atoms with E-state index in [2.05, 4.69) is 0 Å². The summed E-state index contributed by atoms with van der Waals surface area (Å²) in [6.45, 7) is 1.12. The Morgan fingerprint density at radius 3 is 2.24 bits per heavy atom. The molecule has 2 heterocycles. The van der Waals surface area contributed by atoms with Crippen molar-refractivity contribution in [3.8, 4) is 5.69 Å². The van der Waals surface area contributed by atoms with Gasteiger partial charge >= 0.3 is 0 Å². The van der Waals surface area contributed by atoms with Crippen LogP contribution in [-0.2, 0) is 10.0 Å². The van der Waals surface area contributed by atoms with Crippen LogP contribution in [0.1, 0.15) is 10.4 Å². The van der Waals surface area contributed by atoms with E-state index < -0.39 is 10.0 Å². The van der Waals surface area contributed by atoms with Crippen LogP contribution in [0.2, 0.25) is 5.02 Å². The normalized spacial score (nSPS) is 15.4. The summed E-state index contributed by atoms with van der Waals surface area (Å²) in [5.74, 6) is -0.103. The van der Waals surface area contributed by atoms with Gasteiger partial charge in [-0.3, -0.25) is 4.79 Å². The second-order valence-electron chi connectivity index (χ2n) is 6.77. The standard InChI is InChI=1S/C21H20ClN3O3S/c22-19-8-1-2-9-20(19)29(27,28)25-14-12-24(13-15-25)21(26)17-6-5-7-18(16-17)23-10-3-4-11-23/h1-11,16H,12-15H2. The lowest BCUT2D eigenvalue weighted by molar-refractivity contribution is 0.0698. The molecule has 6 nitrogen and oxygen atoms in total. The van der Waals surface area contributed by atoms with Crippen LogP contribution in [0, 0.1) is 0 Å². The first-order valence-electron chi connectivity index (χ1n) is 9.24. The van der Waals surface area contributed by atoms with Crippen LogP contribution < -0.4 is 0 Å². The van der Waals surface area contributed by atoms with Crippen molar-refractivity contribution < 1.29 is 13.2 Å². The maximum absolute atomic E-state index is 12.9. The highest BCUT2D eigenvalue weighted by Gasteiger charge is 2.31. The van der Waals surface area contributed by atoms with Crippen LogP contribution in [0.5, 0.6) is 0 Å². The molecule has 1 saturated heterocycles. The van der Waals surface area contributed by atoms with Crippen molar-refractivity contribution in [3.63, 3.8) is 0 Å². The summed E-state index contributed by atoms with van der Waals surface area (Å²) in [5, 5.41) is 0.202. The number of hydrogen-bond acceptors (Lipinski definition) is 3. The molecule has 1 aliphatic rings. The summed E-state index contributed by atoms with van der Waals surface area (Å²) in [6, 6.07) is 17.7. The van der Waals surface area contributed by atoms with Crippen LogP contribution >= 0.6 is 11.6 Å². The molecule has 29 heavy (non-hydrogen) atoms. The number of aromatic nitrogens is 1. The van der Waals surface area contributed by atoms with Gasteiger partial charge in [0, 0.05) is 49.8 Å². The fraction of sp³-hybridized carbons (Fsp3) is 0.190. The van der Waals surface area contributed by atoms with Crippen LogP contribution in [0.15, 0.2) is 78.0 Å². The molecule has 150 valence electrons. The van der Waals surface area contributed by atoms with Gasteiger partial charge in [0.05, 0.1) is 5.02 Å². The van der Waals surface area contributed by atoms with Gasteiger partial charge in [-0.2, -0.15) is 4.31 Å². The number of sulfonamides is 1. The van der Waals surface area contributed by atoms with E-state index in [0.29, 0.717) is 18.7 Å². The first-order chi connectivity index (χ1) is 14.0. The molecule has 0 bridgehead atoms. The Morgan fingerprint density at radius 1 is 0.862 bits per heavy atom. The predicted octanol–water partition coefficient (Wildman–Crippen LogP) is 3.28. The van der Waals surface area contributed by atoms with Gasteiger partial charge in [-0.05, 0) is 42.5 Å². The molecular formula is C21H20ClN3O3S. The summed E-state index contributed by atoms with van der Waals surface area (Å²) in [5.41, 5.74) is 1.49. The number of hydrogen-bond donors (Lipinski definition) is 0. The van der Waals surface area contributed by atoms with Crippen LogP contribution in [-0.4, -0.2) is 54.3 Å². The van der Waals surface area contributed by atoms with Crippen molar-refractivity contribution in [2.75, 3.05) is 26.2 Å². The molecule has 4 rings (SSSR count). The molecular weight excluding hydrogens is 410 g/mol. The minimum Gasteiger partial charge on any atom is -0.336 e. The molecule has 1 aliphatic heterocycles. The highest BCUT2D eigenvalue weighted by atomic mass is 35.5. The van der Waals surface area contributed by atoms with E-state index in [-0.39, 0.29) is 28.9 Å². The van der Waals surface area contributed by atoms with Gasteiger partial charge in [0.1, 0.15) is 4.90 Å². The monoisotopic (exact) mass is 429 g/mol. The van der Waals surface area contributed by atoms with Gasteiger partial charge in [-0.1, -0.05) is 29.8 Å². The lowest BCUT2D eigenvalue weighted by Crippen LogP contribution is -2.50. The molecule has 0 N–H and O–H groups in total. The fourth-order valence-electron chi connectivity index (χ4n) is 3.41. The summed E-state index contributed by atoms with van der Waals surface area (Å²) >= 11 is 6.07. The Labute approximate surface area is 175 Å². The molecule has 0 atom stereocenters. The lowest BCUT2D eigenvalue weighted by atomic mass is 10.1. The molecule has 8 heteroatoms. The molecule has 0 radical (unpaired) electrons. The third-order valence-electron chi connectivity index (χ3n) is 4.98. The number of amides is 1. The van der Waals surface area contributed by atoms with Crippen LogP contribution in [0.25, 0.3) is 5.69 Å². The van der Waals surface area contributed by atoms with Gasteiger partial charge in [-0.25, -0.2) is 8.42 Å². The first kappa shape index (κ1) is 19.7. The zero-order chi connectivity index (χ0) is 20.4. The largest absolute Gasteiger partial charge is 0.336 e. The highest BCUT2D eigenvalue weighted by molar-refractivity contribution is 7.89. The number of halogens is 1. The molecule has 0 saturated carbocycles. The number of nitrogens with zero attached hydrogens (tertiary/aromatic N) is 3. The topological polar surface area (TPSA) is 62.6 Å². The number of carbonyl (C=O) groups excluding carboxylic acids is 1. The molecule has 1 amide bonds. The van der Waals surface area contributed by atoms with Gasteiger partial charge in [0.15, 0.2) is 0 Å². The van der Waals surface area contributed by atoms with E-state index >= 15 is 0 Å². The average Bonchev–Trinajstić information content (AvgIpc) is 3.29. The number of carbonyl (C=O) groups is 1. The minimum atomic E-state index is -3.68. The molecule has 3 aromatic rings. The predicted molar refractivity (Wildman–Crippen MR) is 112 cm³/mol. The average molecular weight is 430 g/mol. The quantitative estimate of drug-likeness (QED) is 0.639. The first-order valence-corrected chi connectivity index (χ1v) is 11.1. The molecule has 0 aliphatic carbocycles. The molecule has 2 aromatic carbocycles. The van der Waals surface area contributed by atoms with E-state index in [1.807, 2.05) is 47.3 Å². The summed E-state index contributed by atoms with van der Waals surface area (Å²) in [6.07, 6.45) is 3.84. The zero-order valence-corrected chi connectivity index (χ0v) is 17.2. The Morgan fingerprint density at radius 2 is 1.55 bits per heavy atom. The molecule has 1 fully saturated rings. The van der Waals surface area contributed by atoms with Gasteiger partial charge in [0.25, 0.3) is 5.91 Å². The van der Waals surface area contributed by atoms with E-state index in [1.54, 1.807) is 29.2 Å². The summed E-state index contributed by atoms with van der Waals surface area (Å²) in [7, 11) is -3.68. The maximum Gasteiger partial charge on any atom is 0.254 e. The van der Waals surface area contributed by atoms with E-state index in [1.165, 1.54) is 10.4 Å². The van der Waals surface area contributed by atoms with E-state index in [9.17, 15) is 13.2 Å². The third kappa shape index (κ3) is 3.94. The Kier molecular flexibility index (Phi) is 5.45. The second-order valence-corrected chi connectivity index (χ2v) is 9.08. The zero-order valence-electron chi connectivity index (χ0n) is 15.6. The van der Waals surface area contributed by atoms with Crippen molar-refractivity contribution in [1.82, 2.24) is 13.8 Å². The molecule has 0 spiro atoms. The molecule has 1 aromatic heterocycles. The van der Waals surface area contributed by atoms with Gasteiger partial charge < -0.3 is 9.47 Å². The number of benzene rings is 2. The van der Waals surface area contributed by atoms with E-state index in [4.69, 9.17) is 11.6 Å². The van der Waals surface area contributed by atoms with Crippen molar-refractivity contribution in [3.05, 3.63) is 83.6 Å². The van der Waals surface area contributed by atoms with Crippen molar-refractivity contribution in [2.45, 2.75) is 4.90 Å². The maximum atomic E-state index is 12.9. The van der Waals surface area contributed by atoms with E-state index in [0.717, 1.165) is 5.69 Å². The summed E-state index contributed by atoms with van der Waals surface area (Å²) in [4.78, 5) is 14.7. The SMILES string of the molecule is O=C(c1cccc(-n2cccc2)c1)N1CCN(S(=O)(=O)c2ccccc2Cl)CC1. The molecule has 0 unspecified atom stereocenters. The number of piperazine rings is 1. The second kappa shape index (κ2) is 8.02. The Bertz CT molecular complexity index is 1120. The lowest BCUT2D eigenvalue weighted by Gasteiger charge is -2.34. The van der Waals surface area contributed by atoms with Gasteiger partial charge in [0.2, 0.25) is 10.0 Å².